The fraction of sp³-hybridized carbons (Fsp3) is 0.0400. The van der Waals surface area contributed by atoms with E-state index in [1.807, 2.05) is 67.0 Å². The summed E-state index contributed by atoms with van der Waals surface area (Å²) in [6, 6.07) is 26.3. The molecule has 0 spiro atoms. The summed E-state index contributed by atoms with van der Waals surface area (Å²) >= 11 is 0. The summed E-state index contributed by atoms with van der Waals surface area (Å²) < 4.78 is 22.1. The summed E-state index contributed by atoms with van der Waals surface area (Å²) in [6.07, 6.45) is 3.95. The van der Waals surface area contributed by atoms with Gasteiger partial charge in [0.25, 0.3) is 0 Å². The number of aromatic amines is 1. The molecule has 0 fully saturated rings. The third-order valence-corrected chi connectivity index (χ3v) is 4.85. The lowest BCUT2D eigenvalue weighted by atomic mass is 10.2. The molecule has 0 radical (unpaired) electrons. The van der Waals surface area contributed by atoms with Crippen molar-refractivity contribution in [3.63, 3.8) is 0 Å². The molecule has 0 aliphatic carbocycles. The van der Waals surface area contributed by atoms with E-state index in [-0.39, 0.29) is 5.82 Å². The molecule has 2 aromatic heterocycles. The Morgan fingerprint density at radius 2 is 1.67 bits per heavy atom. The maximum Gasteiger partial charge on any atom is 0.195 e. The summed E-state index contributed by atoms with van der Waals surface area (Å²) in [5, 5.41) is 0. The zero-order valence-corrected chi connectivity index (χ0v) is 16.1. The van der Waals surface area contributed by atoms with Crippen LogP contribution in [0.5, 0.6) is 11.5 Å². The van der Waals surface area contributed by atoms with Crippen LogP contribution in [0.3, 0.4) is 0 Å². The van der Waals surface area contributed by atoms with Gasteiger partial charge in [0.05, 0.1) is 5.56 Å². The summed E-state index contributed by atoms with van der Waals surface area (Å²) in [7, 11) is 0. The van der Waals surface area contributed by atoms with E-state index in [4.69, 9.17) is 4.74 Å². The van der Waals surface area contributed by atoms with Crippen molar-refractivity contribution < 1.29 is 13.7 Å². The van der Waals surface area contributed by atoms with Gasteiger partial charge >= 0.3 is 0 Å². The highest BCUT2D eigenvalue weighted by atomic mass is 19.1. The number of hydrogen-bond acceptors (Lipinski definition) is 2. The molecular weight excluding hydrogens is 377 g/mol. The van der Waals surface area contributed by atoms with Crippen molar-refractivity contribution in [2.24, 2.45) is 0 Å². The molecule has 0 unspecified atom stereocenters. The first-order chi connectivity index (χ1) is 14.7. The second-order valence-corrected chi connectivity index (χ2v) is 7.04. The minimum atomic E-state index is -0.292. The van der Waals surface area contributed by atoms with Crippen LogP contribution >= 0.6 is 0 Å². The molecule has 5 rings (SSSR count). The number of benzene rings is 3. The summed E-state index contributed by atoms with van der Waals surface area (Å²) in [5.74, 6) is 1.84. The molecule has 0 bridgehead atoms. The van der Waals surface area contributed by atoms with Gasteiger partial charge in [-0.25, -0.2) is 9.37 Å². The van der Waals surface area contributed by atoms with Gasteiger partial charge in [-0.2, -0.15) is 4.57 Å². The number of nitrogens with one attached hydrogen (secondary N) is 1. The average molecular weight is 396 g/mol. The van der Waals surface area contributed by atoms with Crippen molar-refractivity contribution in [1.82, 2.24) is 9.97 Å². The SMILES string of the molecule is Fc1ccccc1-c1nc2cc[n+](Cc3cccc(Oc4ccccc4)c3)cc2[nH]1. The largest absolute Gasteiger partial charge is 0.457 e. The van der Waals surface area contributed by atoms with Crippen LogP contribution in [0.4, 0.5) is 4.39 Å². The summed E-state index contributed by atoms with van der Waals surface area (Å²) in [4.78, 5) is 7.75. The van der Waals surface area contributed by atoms with E-state index in [9.17, 15) is 4.39 Å². The van der Waals surface area contributed by atoms with Crippen molar-refractivity contribution >= 4 is 11.0 Å². The lowest BCUT2D eigenvalue weighted by Crippen LogP contribution is -2.33. The van der Waals surface area contributed by atoms with E-state index < -0.39 is 0 Å². The van der Waals surface area contributed by atoms with E-state index in [1.54, 1.807) is 18.2 Å². The first-order valence-corrected chi connectivity index (χ1v) is 9.70. The second-order valence-electron chi connectivity index (χ2n) is 7.04. The number of para-hydroxylation sites is 1. The topological polar surface area (TPSA) is 41.8 Å². The van der Waals surface area contributed by atoms with Crippen molar-refractivity contribution in [1.29, 1.82) is 0 Å². The molecule has 30 heavy (non-hydrogen) atoms. The van der Waals surface area contributed by atoms with Crippen LogP contribution in [0.25, 0.3) is 22.4 Å². The fourth-order valence-electron chi connectivity index (χ4n) is 3.42. The van der Waals surface area contributed by atoms with Gasteiger partial charge in [0.2, 0.25) is 0 Å². The number of pyridine rings is 1. The van der Waals surface area contributed by atoms with Crippen molar-refractivity contribution in [3.05, 3.63) is 109 Å². The Bertz CT molecular complexity index is 1310. The Kier molecular flexibility index (Phi) is 4.69. The molecule has 146 valence electrons. The molecule has 2 heterocycles. The normalized spacial score (nSPS) is 11.0. The van der Waals surface area contributed by atoms with Crippen molar-refractivity contribution in [3.8, 4) is 22.9 Å². The van der Waals surface area contributed by atoms with Gasteiger partial charge in [-0.05, 0) is 36.4 Å². The molecule has 0 saturated heterocycles. The highest BCUT2D eigenvalue weighted by Crippen LogP contribution is 2.23. The Hall–Kier alpha value is -3.99. The van der Waals surface area contributed by atoms with Gasteiger partial charge in [0, 0.05) is 11.6 Å². The number of aromatic nitrogens is 3. The Morgan fingerprint density at radius 3 is 2.53 bits per heavy atom. The number of rotatable bonds is 5. The first-order valence-electron chi connectivity index (χ1n) is 9.70. The number of nitrogens with zero attached hydrogens (tertiary/aromatic N) is 2. The zero-order valence-electron chi connectivity index (χ0n) is 16.1. The third-order valence-electron chi connectivity index (χ3n) is 4.85. The van der Waals surface area contributed by atoms with E-state index in [2.05, 4.69) is 20.6 Å². The van der Waals surface area contributed by atoms with Crippen LogP contribution in [-0.4, -0.2) is 9.97 Å². The monoisotopic (exact) mass is 396 g/mol. The highest BCUT2D eigenvalue weighted by Gasteiger charge is 2.13. The third kappa shape index (κ3) is 3.78. The smallest absolute Gasteiger partial charge is 0.195 e. The molecular formula is C25H19FN3O+. The van der Waals surface area contributed by atoms with E-state index in [0.29, 0.717) is 17.9 Å². The van der Waals surface area contributed by atoms with Crippen molar-refractivity contribution in [2.45, 2.75) is 6.54 Å². The molecule has 0 aliphatic heterocycles. The number of hydrogen-bond donors (Lipinski definition) is 1. The Morgan fingerprint density at radius 1 is 0.867 bits per heavy atom. The van der Waals surface area contributed by atoms with Gasteiger partial charge in [-0.3, -0.25) is 0 Å². The maximum absolute atomic E-state index is 14.1. The first kappa shape index (κ1) is 18.1. The van der Waals surface area contributed by atoms with Crippen LogP contribution in [0.2, 0.25) is 0 Å². The number of imidazole rings is 1. The molecule has 0 atom stereocenters. The number of halogens is 1. The Labute approximate surface area is 173 Å². The van der Waals surface area contributed by atoms with E-state index in [1.165, 1.54) is 6.07 Å². The lowest BCUT2D eigenvalue weighted by molar-refractivity contribution is -0.687. The molecule has 3 aromatic carbocycles. The minimum Gasteiger partial charge on any atom is -0.457 e. The summed E-state index contributed by atoms with van der Waals surface area (Å²) in [6.45, 7) is 0.677. The van der Waals surface area contributed by atoms with Gasteiger partial charge in [0.1, 0.15) is 34.2 Å². The van der Waals surface area contributed by atoms with E-state index in [0.717, 1.165) is 28.1 Å². The van der Waals surface area contributed by atoms with Crippen LogP contribution in [0, 0.1) is 5.82 Å². The fourth-order valence-corrected chi connectivity index (χ4v) is 3.42. The molecule has 5 aromatic rings. The van der Waals surface area contributed by atoms with Gasteiger partial charge in [0.15, 0.2) is 18.9 Å². The molecule has 1 N–H and O–H groups in total. The predicted octanol–water partition coefficient (Wildman–Crippen LogP) is 5.50. The minimum absolute atomic E-state index is 0.292. The van der Waals surface area contributed by atoms with Crippen LogP contribution in [0.1, 0.15) is 5.56 Å². The number of fused-ring (bicyclic) bond motifs is 1. The van der Waals surface area contributed by atoms with Gasteiger partial charge in [-0.1, -0.05) is 42.5 Å². The quantitative estimate of drug-likeness (QED) is 0.399. The molecule has 0 amide bonds. The molecule has 0 aliphatic rings. The molecule has 5 heteroatoms. The van der Waals surface area contributed by atoms with Crippen LogP contribution in [-0.2, 0) is 6.54 Å². The van der Waals surface area contributed by atoms with Crippen molar-refractivity contribution in [2.75, 3.05) is 0 Å². The Balaban J connectivity index is 1.39. The van der Waals surface area contributed by atoms with Gasteiger partial charge < -0.3 is 9.72 Å². The average Bonchev–Trinajstić information content (AvgIpc) is 3.18. The summed E-state index contributed by atoms with van der Waals surface area (Å²) in [5.41, 5.74) is 3.23. The van der Waals surface area contributed by atoms with Crippen LogP contribution < -0.4 is 9.30 Å². The van der Waals surface area contributed by atoms with E-state index >= 15 is 0 Å². The number of H-pyrrole nitrogens is 1. The molecule has 0 saturated carbocycles. The second kappa shape index (κ2) is 7.79. The zero-order chi connectivity index (χ0) is 20.3. The molecule has 4 nitrogen and oxygen atoms in total. The van der Waals surface area contributed by atoms with Gasteiger partial charge in [-0.15, -0.1) is 0 Å². The van der Waals surface area contributed by atoms with Crippen LogP contribution in [0.15, 0.2) is 97.3 Å². The number of ether oxygens (including phenoxy) is 1. The highest BCUT2D eigenvalue weighted by molar-refractivity contribution is 5.77. The maximum atomic E-state index is 14.1. The lowest BCUT2D eigenvalue weighted by Gasteiger charge is -2.06. The predicted molar refractivity (Wildman–Crippen MR) is 114 cm³/mol. The standard InChI is InChI=1S/C25H18FN3O/c26-22-12-5-4-11-21(22)25-27-23-13-14-29(17-24(23)28-25)16-18-7-6-10-20(15-18)30-19-8-2-1-3-9-19/h1-15,17H,16H2/p+1.